The number of methoxy groups -OCH3 is 2. The molecule has 0 aliphatic carbocycles. The number of benzene rings is 2. The first-order chi connectivity index (χ1) is 15.7. The summed E-state index contributed by atoms with van der Waals surface area (Å²) in [6.07, 6.45) is 1.52. The number of aryl methyl sites for hydroxylation is 1. The molecule has 1 saturated heterocycles. The van der Waals surface area contributed by atoms with Gasteiger partial charge >= 0.3 is 0 Å². The molecule has 1 heterocycles. The Morgan fingerprint density at radius 2 is 1.76 bits per heavy atom. The summed E-state index contributed by atoms with van der Waals surface area (Å²) in [5, 5.41) is 4.22. The van der Waals surface area contributed by atoms with Crippen molar-refractivity contribution in [2.75, 3.05) is 45.2 Å². The van der Waals surface area contributed by atoms with Gasteiger partial charge < -0.3 is 14.4 Å². The SMILES string of the molecule is COc1ccc(N(CC(=O)NN=C2CCN(C)CC2)S(=O)(=O)c2ccc(C)cc2)c(OC)c1. The maximum Gasteiger partial charge on any atom is 0.264 e. The van der Waals surface area contributed by atoms with Gasteiger partial charge in [0, 0.05) is 37.7 Å². The average molecular weight is 475 g/mol. The molecule has 1 fully saturated rings. The van der Waals surface area contributed by atoms with Gasteiger partial charge in [-0.25, -0.2) is 13.8 Å². The van der Waals surface area contributed by atoms with Gasteiger partial charge in [0.1, 0.15) is 18.0 Å². The lowest BCUT2D eigenvalue weighted by Gasteiger charge is -2.26. The van der Waals surface area contributed by atoms with Crippen LogP contribution in [0.4, 0.5) is 5.69 Å². The van der Waals surface area contributed by atoms with Gasteiger partial charge in [0.2, 0.25) is 0 Å². The van der Waals surface area contributed by atoms with Gasteiger partial charge in [0.25, 0.3) is 15.9 Å². The van der Waals surface area contributed by atoms with Crippen molar-refractivity contribution in [2.24, 2.45) is 5.10 Å². The van der Waals surface area contributed by atoms with Gasteiger partial charge in [-0.05, 0) is 38.2 Å². The summed E-state index contributed by atoms with van der Waals surface area (Å²) in [6.45, 7) is 3.14. The number of piperidine rings is 1. The molecule has 9 nitrogen and oxygen atoms in total. The Morgan fingerprint density at radius 1 is 1.09 bits per heavy atom. The van der Waals surface area contributed by atoms with Gasteiger partial charge in [0.15, 0.2) is 0 Å². The Hall–Kier alpha value is -3.11. The minimum atomic E-state index is -4.07. The van der Waals surface area contributed by atoms with E-state index in [0.29, 0.717) is 5.75 Å². The fourth-order valence-electron chi connectivity index (χ4n) is 3.42. The number of carbonyl (C=O) groups excluding carboxylic acids is 1. The highest BCUT2D eigenvalue weighted by Gasteiger charge is 2.30. The lowest BCUT2D eigenvalue weighted by molar-refractivity contribution is -0.119. The molecule has 0 bridgehead atoms. The van der Waals surface area contributed by atoms with Crippen LogP contribution in [0.3, 0.4) is 0 Å². The molecule has 1 amide bonds. The molecular formula is C23H30N4O5S. The molecule has 2 aromatic rings. The first-order valence-corrected chi connectivity index (χ1v) is 12.0. The summed E-state index contributed by atoms with van der Waals surface area (Å²) in [6, 6.07) is 11.2. The van der Waals surface area contributed by atoms with Crippen molar-refractivity contribution in [3.63, 3.8) is 0 Å². The van der Waals surface area contributed by atoms with Crippen molar-refractivity contribution in [1.29, 1.82) is 0 Å². The summed E-state index contributed by atoms with van der Waals surface area (Å²) >= 11 is 0. The fourth-order valence-corrected chi connectivity index (χ4v) is 4.86. The molecule has 0 unspecified atom stereocenters. The molecule has 0 aromatic heterocycles. The Kier molecular flexibility index (Phi) is 7.93. The number of sulfonamides is 1. The number of amides is 1. The van der Waals surface area contributed by atoms with E-state index in [1.165, 1.54) is 26.4 Å². The largest absolute Gasteiger partial charge is 0.497 e. The summed E-state index contributed by atoms with van der Waals surface area (Å²) in [4.78, 5) is 15.0. The van der Waals surface area contributed by atoms with Crippen LogP contribution in [0.1, 0.15) is 18.4 Å². The quantitative estimate of drug-likeness (QED) is 0.590. The highest BCUT2D eigenvalue weighted by molar-refractivity contribution is 7.92. The second-order valence-electron chi connectivity index (χ2n) is 7.88. The second kappa shape index (κ2) is 10.7. The summed E-state index contributed by atoms with van der Waals surface area (Å²) in [5.41, 5.74) is 4.55. The Bertz CT molecular complexity index is 1110. The van der Waals surface area contributed by atoms with E-state index < -0.39 is 22.5 Å². The van der Waals surface area contributed by atoms with Crippen LogP contribution in [-0.2, 0) is 14.8 Å². The van der Waals surface area contributed by atoms with E-state index in [1.54, 1.807) is 30.3 Å². The topological polar surface area (TPSA) is 101 Å². The van der Waals surface area contributed by atoms with Gasteiger partial charge in [-0.2, -0.15) is 5.10 Å². The maximum absolute atomic E-state index is 13.6. The molecule has 3 rings (SSSR count). The van der Waals surface area contributed by atoms with Crippen LogP contribution in [-0.4, -0.2) is 65.8 Å². The second-order valence-corrected chi connectivity index (χ2v) is 9.74. The fraction of sp³-hybridized carbons (Fsp3) is 0.391. The molecule has 33 heavy (non-hydrogen) atoms. The third kappa shape index (κ3) is 6.02. The Labute approximate surface area is 195 Å². The molecule has 0 saturated carbocycles. The van der Waals surface area contributed by atoms with Crippen molar-refractivity contribution in [2.45, 2.75) is 24.7 Å². The van der Waals surface area contributed by atoms with E-state index in [2.05, 4.69) is 15.4 Å². The van der Waals surface area contributed by atoms with Crippen LogP contribution in [0.15, 0.2) is 52.5 Å². The Morgan fingerprint density at radius 3 is 2.36 bits per heavy atom. The zero-order valence-corrected chi connectivity index (χ0v) is 20.2. The predicted molar refractivity (Wildman–Crippen MR) is 128 cm³/mol. The molecule has 1 aliphatic rings. The highest BCUT2D eigenvalue weighted by atomic mass is 32.2. The van der Waals surface area contributed by atoms with E-state index in [0.717, 1.165) is 41.5 Å². The molecule has 178 valence electrons. The molecule has 1 N–H and O–H groups in total. The zero-order chi connectivity index (χ0) is 24.0. The molecular weight excluding hydrogens is 444 g/mol. The number of rotatable bonds is 8. The standard InChI is InChI=1S/C23H30N4O5S/c1-17-5-8-20(9-6-17)33(29,30)27(21-10-7-19(31-3)15-22(21)32-4)16-23(28)25-24-18-11-13-26(2)14-12-18/h5-10,15H,11-14,16H2,1-4H3,(H,25,28). The minimum absolute atomic E-state index is 0.0698. The van der Waals surface area contributed by atoms with Gasteiger partial charge in [-0.3, -0.25) is 9.10 Å². The molecule has 0 radical (unpaired) electrons. The van der Waals surface area contributed by atoms with Crippen molar-refractivity contribution >= 4 is 27.3 Å². The van der Waals surface area contributed by atoms with E-state index >= 15 is 0 Å². The lowest BCUT2D eigenvalue weighted by Crippen LogP contribution is -2.40. The van der Waals surface area contributed by atoms with E-state index in [9.17, 15) is 13.2 Å². The number of carbonyl (C=O) groups is 1. The van der Waals surface area contributed by atoms with Crippen LogP contribution in [0.25, 0.3) is 0 Å². The number of hydrazone groups is 1. The van der Waals surface area contributed by atoms with Crippen LogP contribution < -0.4 is 19.2 Å². The first kappa shape index (κ1) is 24.5. The summed E-state index contributed by atoms with van der Waals surface area (Å²) < 4.78 is 38.8. The van der Waals surface area contributed by atoms with Crippen LogP contribution in [0.5, 0.6) is 11.5 Å². The van der Waals surface area contributed by atoms with Gasteiger partial charge in [0.05, 0.1) is 24.8 Å². The molecule has 2 aromatic carbocycles. The number of nitrogens with one attached hydrogen (secondary N) is 1. The van der Waals surface area contributed by atoms with Crippen molar-refractivity contribution in [1.82, 2.24) is 10.3 Å². The third-order valence-electron chi connectivity index (χ3n) is 5.45. The van der Waals surface area contributed by atoms with Crippen LogP contribution in [0.2, 0.25) is 0 Å². The maximum atomic E-state index is 13.6. The molecule has 10 heteroatoms. The monoisotopic (exact) mass is 474 g/mol. The first-order valence-electron chi connectivity index (χ1n) is 10.6. The lowest BCUT2D eigenvalue weighted by atomic mass is 10.1. The van der Waals surface area contributed by atoms with E-state index in [1.807, 2.05) is 14.0 Å². The van der Waals surface area contributed by atoms with Crippen molar-refractivity contribution < 1.29 is 22.7 Å². The van der Waals surface area contributed by atoms with Crippen molar-refractivity contribution in [3.05, 3.63) is 48.0 Å². The smallest absolute Gasteiger partial charge is 0.264 e. The van der Waals surface area contributed by atoms with E-state index in [-0.39, 0.29) is 16.3 Å². The predicted octanol–water partition coefficient (Wildman–Crippen LogP) is 2.41. The Balaban J connectivity index is 1.93. The van der Waals surface area contributed by atoms with Gasteiger partial charge in [-0.15, -0.1) is 0 Å². The summed E-state index contributed by atoms with van der Waals surface area (Å²) in [5.74, 6) is 0.218. The summed E-state index contributed by atoms with van der Waals surface area (Å²) in [7, 11) is 0.898. The van der Waals surface area contributed by atoms with Crippen LogP contribution >= 0.6 is 0 Å². The average Bonchev–Trinajstić information content (AvgIpc) is 2.82. The number of hydrogen-bond donors (Lipinski definition) is 1. The molecule has 0 atom stereocenters. The number of hydrogen-bond acceptors (Lipinski definition) is 7. The zero-order valence-electron chi connectivity index (χ0n) is 19.4. The number of nitrogens with zero attached hydrogens (tertiary/aromatic N) is 3. The van der Waals surface area contributed by atoms with E-state index in [4.69, 9.17) is 9.47 Å². The third-order valence-corrected chi connectivity index (χ3v) is 7.23. The van der Waals surface area contributed by atoms with Gasteiger partial charge in [-0.1, -0.05) is 17.7 Å². The normalized spacial score (nSPS) is 14.5. The van der Waals surface area contributed by atoms with Crippen molar-refractivity contribution in [3.8, 4) is 11.5 Å². The molecule has 1 aliphatic heterocycles. The molecule has 0 spiro atoms. The number of likely N-dealkylation sites (tertiary alicyclic amines) is 1. The highest BCUT2D eigenvalue weighted by Crippen LogP contribution is 2.35. The minimum Gasteiger partial charge on any atom is -0.497 e. The number of ether oxygens (including phenoxy) is 2. The van der Waals surface area contributed by atoms with Crippen LogP contribution in [0, 0.1) is 6.92 Å². The number of anilines is 1.